The van der Waals surface area contributed by atoms with Gasteiger partial charge in [-0.1, -0.05) is 48.0 Å². The molecule has 0 amide bonds. The molecule has 2 aromatic carbocycles. The highest BCUT2D eigenvalue weighted by atomic mass is 16.5. The zero-order valence-electron chi connectivity index (χ0n) is 18.0. The Bertz CT molecular complexity index is 832. The molecule has 0 bridgehead atoms. The standard InChI is InChI=1S/C26H34N2O2/c1-20(2)11-10-15-23(27-17-8-9-18-27)26(29)28-22-14-6-7-16-25(22)30-19-24(28)21-12-4-3-5-13-21/h3-7,12-14,16,23-24,26,29H,1,8-11,15,17-19H2,2H3. The molecule has 4 heteroatoms. The molecule has 4 rings (SSSR count). The zero-order valence-corrected chi connectivity index (χ0v) is 18.0. The van der Waals surface area contributed by atoms with Crippen molar-refractivity contribution in [2.24, 2.45) is 0 Å². The molecule has 2 aliphatic heterocycles. The monoisotopic (exact) mass is 406 g/mol. The third kappa shape index (κ3) is 4.55. The van der Waals surface area contributed by atoms with Crippen molar-refractivity contribution in [1.29, 1.82) is 0 Å². The molecule has 2 aromatic rings. The fourth-order valence-corrected chi connectivity index (χ4v) is 4.86. The Morgan fingerprint density at radius 1 is 1.10 bits per heavy atom. The maximum absolute atomic E-state index is 11.8. The van der Waals surface area contributed by atoms with Crippen LogP contribution in [0.1, 0.15) is 50.6 Å². The lowest BCUT2D eigenvalue weighted by atomic mass is 9.98. The second kappa shape index (κ2) is 9.67. The summed E-state index contributed by atoms with van der Waals surface area (Å²) >= 11 is 0. The van der Waals surface area contributed by atoms with Crippen LogP contribution in [0.15, 0.2) is 66.7 Å². The van der Waals surface area contributed by atoms with Crippen LogP contribution in [0.4, 0.5) is 5.69 Å². The van der Waals surface area contributed by atoms with Gasteiger partial charge in [-0.05, 0) is 69.8 Å². The molecule has 0 aromatic heterocycles. The van der Waals surface area contributed by atoms with Gasteiger partial charge in [-0.3, -0.25) is 4.90 Å². The molecule has 0 saturated carbocycles. The molecular weight excluding hydrogens is 372 g/mol. The molecule has 1 saturated heterocycles. The van der Waals surface area contributed by atoms with E-state index in [-0.39, 0.29) is 12.1 Å². The molecule has 0 spiro atoms. The van der Waals surface area contributed by atoms with Crippen molar-refractivity contribution < 1.29 is 9.84 Å². The molecule has 1 fully saturated rings. The highest BCUT2D eigenvalue weighted by Gasteiger charge is 2.39. The van der Waals surface area contributed by atoms with Crippen molar-refractivity contribution in [3.63, 3.8) is 0 Å². The number of para-hydroxylation sites is 2. The van der Waals surface area contributed by atoms with Crippen LogP contribution >= 0.6 is 0 Å². The smallest absolute Gasteiger partial charge is 0.143 e. The van der Waals surface area contributed by atoms with Crippen LogP contribution < -0.4 is 9.64 Å². The molecular formula is C26H34N2O2. The Morgan fingerprint density at radius 2 is 1.80 bits per heavy atom. The summed E-state index contributed by atoms with van der Waals surface area (Å²) < 4.78 is 6.11. The van der Waals surface area contributed by atoms with Crippen molar-refractivity contribution >= 4 is 5.69 Å². The van der Waals surface area contributed by atoms with Crippen LogP contribution in [0.5, 0.6) is 5.75 Å². The number of allylic oxidation sites excluding steroid dienone is 1. The largest absolute Gasteiger partial charge is 0.489 e. The lowest BCUT2D eigenvalue weighted by Gasteiger charge is -2.46. The topological polar surface area (TPSA) is 35.9 Å². The first-order valence-electron chi connectivity index (χ1n) is 11.3. The SMILES string of the molecule is C=C(C)CCCC(C(O)N1c2ccccc2OCC1c1ccccc1)N1CCCC1. The number of benzene rings is 2. The first kappa shape index (κ1) is 21.0. The molecule has 2 heterocycles. The van der Waals surface area contributed by atoms with E-state index in [9.17, 15) is 5.11 Å². The Morgan fingerprint density at radius 3 is 2.53 bits per heavy atom. The van der Waals surface area contributed by atoms with Gasteiger partial charge in [0.15, 0.2) is 0 Å². The Hall–Kier alpha value is -2.30. The Kier molecular flexibility index (Phi) is 6.76. The van der Waals surface area contributed by atoms with Crippen LogP contribution in [0.2, 0.25) is 0 Å². The van der Waals surface area contributed by atoms with Crippen molar-refractivity contribution in [3.05, 3.63) is 72.3 Å². The second-order valence-electron chi connectivity index (χ2n) is 8.69. The lowest BCUT2D eigenvalue weighted by Crippen LogP contribution is -2.54. The van der Waals surface area contributed by atoms with E-state index in [0.29, 0.717) is 6.61 Å². The molecule has 3 unspecified atom stereocenters. The average molecular weight is 407 g/mol. The highest BCUT2D eigenvalue weighted by molar-refractivity contribution is 5.62. The summed E-state index contributed by atoms with van der Waals surface area (Å²) in [4.78, 5) is 4.70. The predicted molar refractivity (Wildman–Crippen MR) is 123 cm³/mol. The van der Waals surface area contributed by atoms with Crippen LogP contribution in [-0.2, 0) is 0 Å². The molecule has 160 valence electrons. The summed E-state index contributed by atoms with van der Waals surface area (Å²) in [6, 6.07) is 18.6. The van der Waals surface area contributed by atoms with Gasteiger partial charge in [-0.2, -0.15) is 0 Å². The number of likely N-dealkylation sites (tertiary alicyclic amines) is 1. The highest BCUT2D eigenvalue weighted by Crippen LogP contribution is 2.41. The van der Waals surface area contributed by atoms with E-state index in [4.69, 9.17) is 4.74 Å². The zero-order chi connectivity index (χ0) is 20.9. The fourth-order valence-electron chi connectivity index (χ4n) is 4.86. The number of nitrogens with zero attached hydrogens (tertiary/aromatic N) is 2. The number of aliphatic hydroxyl groups is 1. The minimum Gasteiger partial charge on any atom is -0.489 e. The third-order valence-corrected chi connectivity index (χ3v) is 6.40. The number of fused-ring (bicyclic) bond motifs is 1. The average Bonchev–Trinajstić information content (AvgIpc) is 3.30. The maximum atomic E-state index is 11.8. The van der Waals surface area contributed by atoms with Gasteiger partial charge in [-0.15, -0.1) is 6.58 Å². The first-order valence-corrected chi connectivity index (χ1v) is 11.3. The van der Waals surface area contributed by atoms with Crippen molar-refractivity contribution in [1.82, 2.24) is 4.90 Å². The summed E-state index contributed by atoms with van der Waals surface area (Å²) in [6.45, 7) is 8.82. The summed E-state index contributed by atoms with van der Waals surface area (Å²) in [5.41, 5.74) is 3.37. The summed E-state index contributed by atoms with van der Waals surface area (Å²) in [7, 11) is 0. The number of hydrogen-bond donors (Lipinski definition) is 1. The number of ether oxygens (including phenoxy) is 1. The molecule has 0 radical (unpaired) electrons. The molecule has 4 nitrogen and oxygen atoms in total. The molecule has 30 heavy (non-hydrogen) atoms. The minimum atomic E-state index is -0.594. The van der Waals surface area contributed by atoms with E-state index in [1.807, 2.05) is 24.3 Å². The van der Waals surface area contributed by atoms with Gasteiger partial charge in [0.05, 0.1) is 17.8 Å². The lowest BCUT2D eigenvalue weighted by molar-refractivity contribution is 0.0393. The van der Waals surface area contributed by atoms with Gasteiger partial charge < -0.3 is 14.7 Å². The normalized spacial score (nSPS) is 21.0. The van der Waals surface area contributed by atoms with E-state index < -0.39 is 6.23 Å². The van der Waals surface area contributed by atoms with Gasteiger partial charge in [0, 0.05) is 0 Å². The van der Waals surface area contributed by atoms with Gasteiger partial charge in [0.1, 0.15) is 18.6 Å². The number of aliphatic hydroxyl groups excluding tert-OH is 1. The van der Waals surface area contributed by atoms with Gasteiger partial charge in [-0.25, -0.2) is 0 Å². The summed E-state index contributed by atoms with van der Waals surface area (Å²) in [6.07, 6.45) is 4.86. The van der Waals surface area contributed by atoms with Crippen LogP contribution in [-0.4, -0.2) is 42.0 Å². The summed E-state index contributed by atoms with van der Waals surface area (Å²) in [5, 5.41) is 11.8. The molecule has 2 aliphatic rings. The van der Waals surface area contributed by atoms with E-state index >= 15 is 0 Å². The number of rotatable bonds is 8. The van der Waals surface area contributed by atoms with Crippen LogP contribution in [0.3, 0.4) is 0 Å². The summed E-state index contributed by atoms with van der Waals surface area (Å²) in [5.74, 6) is 0.853. The molecule has 0 aliphatic carbocycles. The second-order valence-corrected chi connectivity index (χ2v) is 8.69. The third-order valence-electron chi connectivity index (χ3n) is 6.40. The molecule has 3 atom stereocenters. The van der Waals surface area contributed by atoms with Gasteiger partial charge >= 0.3 is 0 Å². The molecule has 1 N–H and O–H groups in total. The van der Waals surface area contributed by atoms with Crippen molar-refractivity contribution in [2.75, 3.05) is 24.6 Å². The van der Waals surface area contributed by atoms with E-state index in [2.05, 4.69) is 53.6 Å². The van der Waals surface area contributed by atoms with Gasteiger partial charge in [0.2, 0.25) is 0 Å². The fraction of sp³-hybridized carbons (Fsp3) is 0.462. The Labute approximate surface area is 180 Å². The minimum absolute atomic E-state index is 0.0117. The van der Waals surface area contributed by atoms with Crippen molar-refractivity contribution in [3.8, 4) is 5.75 Å². The van der Waals surface area contributed by atoms with Crippen molar-refractivity contribution in [2.45, 2.75) is 57.3 Å². The van der Waals surface area contributed by atoms with Crippen LogP contribution in [0.25, 0.3) is 0 Å². The number of hydrogen-bond acceptors (Lipinski definition) is 4. The predicted octanol–water partition coefficient (Wildman–Crippen LogP) is 5.16. The van der Waals surface area contributed by atoms with Gasteiger partial charge in [0.25, 0.3) is 0 Å². The number of anilines is 1. The first-order chi connectivity index (χ1) is 14.6. The van der Waals surface area contributed by atoms with Crippen LogP contribution in [0, 0.1) is 0 Å². The Balaban J connectivity index is 1.66. The van der Waals surface area contributed by atoms with E-state index in [1.54, 1.807) is 0 Å². The van der Waals surface area contributed by atoms with E-state index in [1.165, 1.54) is 24.0 Å². The quantitative estimate of drug-likeness (QED) is 0.615. The van der Waals surface area contributed by atoms with E-state index in [0.717, 1.165) is 43.8 Å². The maximum Gasteiger partial charge on any atom is 0.143 e.